The summed E-state index contributed by atoms with van der Waals surface area (Å²) < 4.78 is 29.3. The van der Waals surface area contributed by atoms with E-state index in [1.807, 2.05) is 0 Å². The molecule has 0 aromatic heterocycles. The van der Waals surface area contributed by atoms with Gasteiger partial charge >= 0.3 is 6.61 Å². The van der Waals surface area contributed by atoms with Crippen LogP contribution in [0, 0.1) is 3.57 Å². The van der Waals surface area contributed by atoms with Crippen molar-refractivity contribution in [3.05, 3.63) is 25.7 Å². The summed E-state index contributed by atoms with van der Waals surface area (Å²) in [6.45, 7) is -1.52. The van der Waals surface area contributed by atoms with Gasteiger partial charge in [-0.2, -0.15) is 8.78 Å². The number of ether oxygens (including phenoxy) is 1. The lowest BCUT2D eigenvalue weighted by Crippen LogP contribution is -2.06. The molecule has 0 radical (unpaired) electrons. The maximum Gasteiger partial charge on any atom is 0.387 e. The molecule has 0 saturated heterocycles. The highest BCUT2D eigenvalue weighted by molar-refractivity contribution is 14.1. The highest BCUT2D eigenvalue weighted by atomic mass is 127. The first-order valence-corrected chi connectivity index (χ1v) is 5.74. The van der Waals surface area contributed by atoms with Gasteiger partial charge in [0.25, 0.3) is 0 Å². The summed E-state index contributed by atoms with van der Waals surface area (Å²) in [5.74, 6) is -0.190. The fraction of sp³-hybridized carbons (Fsp3) is 0.222. The molecule has 0 amide bonds. The molecular formula is C9H6BrF2IO2. The quantitative estimate of drug-likeness (QED) is 0.578. The minimum absolute atomic E-state index is 0.0130. The number of benzene rings is 1. The van der Waals surface area contributed by atoms with Gasteiger partial charge in [-0.1, -0.05) is 15.9 Å². The zero-order valence-electron chi connectivity index (χ0n) is 7.56. The Kier molecular flexibility index (Phi) is 4.45. The minimum atomic E-state index is -2.89. The molecule has 0 saturated carbocycles. The topological polar surface area (TPSA) is 26.3 Å². The molecule has 82 valence electrons. The fourth-order valence-electron chi connectivity index (χ4n) is 1.04. The third kappa shape index (κ3) is 3.10. The van der Waals surface area contributed by atoms with Gasteiger partial charge in [-0.3, -0.25) is 4.79 Å². The van der Waals surface area contributed by atoms with Crippen LogP contribution in [0.3, 0.4) is 0 Å². The number of halogens is 4. The Morgan fingerprint density at radius 3 is 2.60 bits per heavy atom. The number of carbonyl (C=O) groups is 1. The van der Waals surface area contributed by atoms with E-state index in [0.717, 1.165) is 0 Å². The van der Waals surface area contributed by atoms with Crippen molar-refractivity contribution < 1.29 is 18.3 Å². The first-order valence-electron chi connectivity index (χ1n) is 3.87. The van der Waals surface area contributed by atoms with Crippen molar-refractivity contribution in [2.45, 2.75) is 13.5 Å². The van der Waals surface area contributed by atoms with E-state index in [0.29, 0.717) is 13.6 Å². The Balaban J connectivity index is 3.22. The van der Waals surface area contributed by atoms with Gasteiger partial charge in [0.2, 0.25) is 0 Å². The van der Waals surface area contributed by atoms with Crippen molar-refractivity contribution in [3.63, 3.8) is 0 Å². The second-order valence-corrected chi connectivity index (χ2v) is 4.60. The fourth-order valence-corrected chi connectivity index (χ4v) is 3.00. The summed E-state index contributed by atoms with van der Waals surface area (Å²) in [5.41, 5.74) is 0.355. The number of rotatable bonds is 3. The number of alkyl halides is 2. The Morgan fingerprint density at radius 1 is 1.53 bits per heavy atom. The normalized spacial score (nSPS) is 10.5. The molecule has 2 nitrogen and oxygen atoms in total. The van der Waals surface area contributed by atoms with Crippen molar-refractivity contribution in [1.29, 1.82) is 0 Å². The zero-order valence-corrected chi connectivity index (χ0v) is 11.3. The monoisotopic (exact) mass is 390 g/mol. The maximum absolute atomic E-state index is 12.0. The number of carbonyl (C=O) groups excluding carboxylic acids is 1. The van der Waals surface area contributed by atoms with Gasteiger partial charge in [-0.05, 0) is 41.6 Å². The summed E-state index contributed by atoms with van der Waals surface area (Å²) >= 11 is 4.99. The zero-order chi connectivity index (χ0) is 11.6. The third-order valence-corrected chi connectivity index (χ3v) is 3.36. The number of ketones is 1. The van der Waals surface area contributed by atoms with Crippen molar-refractivity contribution in [1.82, 2.24) is 0 Å². The molecule has 0 spiro atoms. The third-order valence-electron chi connectivity index (χ3n) is 1.62. The second-order valence-electron chi connectivity index (χ2n) is 2.67. The largest absolute Gasteiger partial charge is 0.434 e. The molecule has 0 unspecified atom stereocenters. The van der Waals surface area contributed by atoms with E-state index >= 15 is 0 Å². The molecule has 0 aliphatic heterocycles. The van der Waals surface area contributed by atoms with E-state index < -0.39 is 6.61 Å². The molecule has 1 aromatic carbocycles. The average Bonchev–Trinajstić information content (AvgIpc) is 2.09. The van der Waals surface area contributed by atoms with Crippen molar-refractivity contribution in [2.24, 2.45) is 0 Å². The summed E-state index contributed by atoms with van der Waals surface area (Å²) in [4.78, 5) is 11.2. The van der Waals surface area contributed by atoms with Crippen LogP contribution in [-0.2, 0) is 0 Å². The molecule has 0 N–H and O–H groups in total. The molecule has 0 fully saturated rings. The molecule has 6 heteroatoms. The molecule has 0 bridgehead atoms. The average molecular weight is 391 g/mol. The SMILES string of the molecule is CC(=O)c1c(Br)ccc(OC(F)F)c1I. The number of Topliss-reactive ketones (excluding diaryl/α,β-unsaturated/α-hetero) is 1. The lowest BCUT2D eigenvalue weighted by molar-refractivity contribution is -0.0504. The standard InChI is InChI=1S/C9H6BrF2IO2/c1-4(14)7-5(10)2-3-6(8(7)13)15-9(11)12/h2-3,9H,1H3. The summed E-state index contributed by atoms with van der Waals surface area (Å²) in [5, 5.41) is 0. The highest BCUT2D eigenvalue weighted by Crippen LogP contribution is 2.31. The van der Waals surface area contributed by atoms with Gasteiger partial charge in [-0.15, -0.1) is 0 Å². The Hall–Kier alpha value is -0.240. The minimum Gasteiger partial charge on any atom is -0.434 e. The predicted octanol–water partition coefficient (Wildman–Crippen LogP) is 3.86. The summed E-state index contributed by atoms with van der Waals surface area (Å²) in [6, 6.07) is 2.90. The molecular weight excluding hydrogens is 385 g/mol. The van der Waals surface area contributed by atoms with E-state index in [1.54, 1.807) is 22.6 Å². The van der Waals surface area contributed by atoms with Crippen LogP contribution in [0.15, 0.2) is 16.6 Å². The van der Waals surface area contributed by atoms with Crippen LogP contribution in [0.5, 0.6) is 5.75 Å². The van der Waals surface area contributed by atoms with Crippen molar-refractivity contribution >= 4 is 44.3 Å². The molecule has 15 heavy (non-hydrogen) atoms. The van der Waals surface area contributed by atoms with Crippen molar-refractivity contribution in [3.8, 4) is 5.75 Å². The highest BCUT2D eigenvalue weighted by Gasteiger charge is 2.16. The summed E-state index contributed by atoms with van der Waals surface area (Å²) in [7, 11) is 0. The Bertz CT molecular complexity index is 396. The lowest BCUT2D eigenvalue weighted by atomic mass is 10.1. The first kappa shape index (κ1) is 12.8. The number of hydrogen-bond donors (Lipinski definition) is 0. The van der Waals surface area contributed by atoms with Crippen LogP contribution in [0.25, 0.3) is 0 Å². The molecule has 0 heterocycles. The van der Waals surface area contributed by atoms with Gasteiger partial charge in [0.05, 0.1) is 3.57 Å². The van der Waals surface area contributed by atoms with E-state index in [9.17, 15) is 13.6 Å². The molecule has 0 atom stereocenters. The van der Waals surface area contributed by atoms with Gasteiger partial charge in [0.1, 0.15) is 5.75 Å². The van der Waals surface area contributed by atoms with Gasteiger partial charge in [0.15, 0.2) is 5.78 Å². The lowest BCUT2D eigenvalue weighted by Gasteiger charge is -2.10. The molecule has 0 aliphatic carbocycles. The van der Waals surface area contributed by atoms with Gasteiger partial charge in [0, 0.05) is 10.0 Å². The Labute approximate surface area is 107 Å². The predicted molar refractivity (Wildman–Crippen MR) is 63.5 cm³/mol. The maximum atomic E-state index is 12.0. The van der Waals surface area contributed by atoms with E-state index in [2.05, 4.69) is 20.7 Å². The first-order chi connectivity index (χ1) is 6.93. The van der Waals surface area contributed by atoms with Crippen LogP contribution in [0.4, 0.5) is 8.78 Å². The van der Waals surface area contributed by atoms with Crippen molar-refractivity contribution in [2.75, 3.05) is 0 Å². The second kappa shape index (κ2) is 5.20. The van der Waals surface area contributed by atoms with E-state index in [4.69, 9.17) is 0 Å². The smallest absolute Gasteiger partial charge is 0.387 e. The Morgan fingerprint density at radius 2 is 2.13 bits per heavy atom. The van der Waals surface area contributed by atoms with Crippen LogP contribution >= 0.6 is 38.5 Å². The van der Waals surface area contributed by atoms with Crippen LogP contribution in [0.2, 0.25) is 0 Å². The van der Waals surface area contributed by atoms with Crippen LogP contribution < -0.4 is 4.74 Å². The van der Waals surface area contributed by atoms with Gasteiger partial charge < -0.3 is 4.74 Å². The van der Waals surface area contributed by atoms with Crippen LogP contribution in [0.1, 0.15) is 17.3 Å². The van der Waals surface area contributed by atoms with E-state index in [-0.39, 0.29) is 11.5 Å². The molecule has 0 aliphatic rings. The molecule has 1 rings (SSSR count). The van der Waals surface area contributed by atoms with Crippen LogP contribution in [-0.4, -0.2) is 12.4 Å². The summed E-state index contributed by atoms with van der Waals surface area (Å²) in [6.07, 6.45) is 0. The molecule has 1 aromatic rings. The number of hydrogen-bond acceptors (Lipinski definition) is 2. The van der Waals surface area contributed by atoms with Gasteiger partial charge in [-0.25, -0.2) is 0 Å². The van der Waals surface area contributed by atoms with E-state index in [1.165, 1.54) is 19.1 Å².